The second kappa shape index (κ2) is 8.89. The molecule has 3 amide bonds. The van der Waals surface area contributed by atoms with Crippen molar-refractivity contribution in [2.24, 2.45) is 11.8 Å². The molecule has 3 aliphatic rings. The molecule has 5 atom stereocenters. The van der Waals surface area contributed by atoms with Gasteiger partial charge in [-0.2, -0.15) is 0 Å². The first kappa shape index (κ1) is 24.0. The lowest BCUT2D eigenvalue weighted by Crippen LogP contribution is -2.52. The third kappa shape index (κ3) is 3.73. The SMILES string of the molecule is C[C@]12CCC3(S1)C(C(=O)Nc1ccc4ccccc4c1)N(CCO)C(=O)[C@@H]3[C@H]2C(=O)Nc1ccccc1. The van der Waals surface area contributed by atoms with Crippen LogP contribution in [0.2, 0.25) is 0 Å². The number of anilines is 2. The first-order valence-electron chi connectivity index (χ1n) is 12.6. The van der Waals surface area contributed by atoms with Gasteiger partial charge in [0.15, 0.2) is 0 Å². The van der Waals surface area contributed by atoms with E-state index in [0.717, 1.165) is 17.2 Å². The third-order valence-electron chi connectivity index (χ3n) is 8.21. The number of hydrogen-bond donors (Lipinski definition) is 3. The van der Waals surface area contributed by atoms with Crippen LogP contribution in [-0.4, -0.2) is 56.4 Å². The quantitative estimate of drug-likeness (QED) is 0.463. The minimum atomic E-state index is -0.773. The number of aliphatic hydroxyl groups excluding tert-OH is 1. The molecule has 190 valence electrons. The number of β-amino-alcohol motifs (C(OH)–C–C–N with tert-alkyl or cyclic N) is 1. The minimum absolute atomic E-state index is 0.0528. The Bertz CT molecular complexity index is 1400. The number of thioether (sulfide) groups is 1. The fraction of sp³-hybridized carbons (Fsp3) is 0.345. The molecule has 2 bridgehead atoms. The number of fused-ring (bicyclic) bond motifs is 2. The van der Waals surface area contributed by atoms with Gasteiger partial charge in [-0.15, -0.1) is 11.8 Å². The molecule has 3 aliphatic heterocycles. The van der Waals surface area contributed by atoms with E-state index in [2.05, 4.69) is 10.6 Å². The van der Waals surface area contributed by atoms with Gasteiger partial charge >= 0.3 is 0 Å². The molecule has 37 heavy (non-hydrogen) atoms. The number of nitrogens with one attached hydrogen (secondary N) is 2. The maximum absolute atomic E-state index is 13.9. The number of likely N-dealkylation sites (tertiary alicyclic amines) is 1. The summed E-state index contributed by atoms with van der Waals surface area (Å²) in [6.45, 7) is 1.84. The Morgan fingerprint density at radius 1 is 0.946 bits per heavy atom. The van der Waals surface area contributed by atoms with E-state index in [1.807, 2.05) is 79.7 Å². The van der Waals surface area contributed by atoms with Crippen molar-refractivity contribution in [2.45, 2.75) is 35.3 Å². The van der Waals surface area contributed by atoms with Crippen LogP contribution in [0.5, 0.6) is 0 Å². The molecule has 2 unspecified atom stereocenters. The van der Waals surface area contributed by atoms with E-state index in [-0.39, 0.29) is 30.9 Å². The fourth-order valence-electron chi connectivity index (χ4n) is 6.69. The molecule has 0 radical (unpaired) electrons. The van der Waals surface area contributed by atoms with E-state index >= 15 is 0 Å². The van der Waals surface area contributed by atoms with Crippen LogP contribution >= 0.6 is 11.8 Å². The van der Waals surface area contributed by atoms with Crippen molar-refractivity contribution in [3.05, 3.63) is 72.8 Å². The molecule has 0 aromatic heterocycles. The smallest absolute Gasteiger partial charge is 0.248 e. The van der Waals surface area contributed by atoms with Gasteiger partial charge in [0, 0.05) is 22.7 Å². The number of rotatable bonds is 6. The predicted molar refractivity (Wildman–Crippen MR) is 145 cm³/mol. The maximum atomic E-state index is 13.9. The Morgan fingerprint density at radius 3 is 2.41 bits per heavy atom. The molecule has 0 aliphatic carbocycles. The van der Waals surface area contributed by atoms with Crippen LogP contribution in [0.15, 0.2) is 72.8 Å². The highest BCUT2D eigenvalue weighted by molar-refractivity contribution is 8.02. The van der Waals surface area contributed by atoms with Crippen molar-refractivity contribution < 1.29 is 19.5 Å². The van der Waals surface area contributed by atoms with Gasteiger partial charge in [-0.05, 0) is 54.8 Å². The molecule has 3 heterocycles. The average Bonchev–Trinajstić information content (AvgIpc) is 3.45. The van der Waals surface area contributed by atoms with Crippen molar-refractivity contribution in [3.8, 4) is 0 Å². The summed E-state index contributed by atoms with van der Waals surface area (Å²) in [7, 11) is 0. The predicted octanol–water partition coefficient (Wildman–Crippen LogP) is 3.89. The first-order valence-corrected chi connectivity index (χ1v) is 13.4. The normalized spacial score (nSPS) is 29.9. The number of para-hydroxylation sites is 1. The lowest BCUT2D eigenvalue weighted by molar-refractivity contribution is -0.139. The van der Waals surface area contributed by atoms with Gasteiger partial charge in [0.25, 0.3) is 0 Å². The second-order valence-electron chi connectivity index (χ2n) is 10.4. The Morgan fingerprint density at radius 2 is 1.65 bits per heavy atom. The summed E-state index contributed by atoms with van der Waals surface area (Å²) in [5, 5.41) is 17.9. The first-order chi connectivity index (χ1) is 17.9. The maximum Gasteiger partial charge on any atom is 0.248 e. The summed E-state index contributed by atoms with van der Waals surface area (Å²) in [5.41, 5.74) is 1.34. The van der Waals surface area contributed by atoms with Crippen molar-refractivity contribution in [3.63, 3.8) is 0 Å². The number of carbonyl (C=O) groups excluding carboxylic acids is 3. The van der Waals surface area contributed by atoms with Gasteiger partial charge in [-0.1, -0.05) is 48.5 Å². The molecular weight excluding hydrogens is 486 g/mol. The van der Waals surface area contributed by atoms with Crippen LogP contribution in [0.4, 0.5) is 11.4 Å². The monoisotopic (exact) mass is 515 g/mol. The van der Waals surface area contributed by atoms with Crippen molar-refractivity contribution in [1.82, 2.24) is 4.90 Å². The Labute approximate surface area is 219 Å². The summed E-state index contributed by atoms with van der Waals surface area (Å²) >= 11 is 1.62. The zero-order valence-electron chi connectivity index (χ0n) is 20.5. The van der Waals surface area contributed by atoms with Gasteiger partial charge in [0.05, 0.1) is 23.2 Å². The number of carbonyl (C=O) groups is 3. The van der Waals surface area contributed by atoms with Crippen molar-refractivity contribution >= 4 is 51.6 Å². The van der Waals surface area contributed by atoms with Crippen molar-refractivity contribution in [1.29, 1.82) is 0 Å². The summed E-state index contributed by atoms with van der Waals surface area (Å²) in [6.07, 6.45) is 1.40. The topological polar surface area (TPSA) is 98.7 Å². The molecule has 8 heteroatoms. The highest BCUT2D eigenvalue weighted by Crippen LogP contribution is 2.71. The highest BCUT2D eigenvalue weighted by atomic mass is 32.2. The average molecular weight is 516 g/mol. The molecule has 3 aromatic rings. The summed E-state index contributed by atoms with van der Waals surface area (Å²) in [4.78, 5) is 42.8. The number of hydrogen-bond acceptors (Lipinski definition) is 5. The zero-order valence-corrected chi connectivity index (χ0v) is 21.3. The Kier molecular flexibility index (Phi) is 5.76. The van der Waals surface area contributed by atoms with Crippen LogP contribution in [0.25, 0.3) is 10.8 Å². The van der Waals surface area contributed by atoms with Crippen LogP contribution in [-0.2, 0) is 14.4 Å². The molecule has 0 saturated carbocycles. The highest BCUT2D eigenvalue weighted by Gasteiger charge is 2.77. The summed E-state index contributed by atoms with van der Waals surface area (Å²) < 4.78 is -1.17. The lowest BCUT2D eigenvalue weighted by Gasteiger charge is -2.34. The largest absolute Gasteiger partial charge is 0.395 e. The molecule has 1 spiro atoms. The summed E-state index contributed by atoms with van der Waals surface area (Å²) in [5.74, 6) is -1.89. The Balaban J connectivity index is 1.33. The number of amides is 3. The van der Waals surface area contributed by atoms with Gasteiger partial charge in [0.2, 0.25) is 17.7 Å². The van der Waals surface area contributed by atoms with Gasteiger partial charge in [0.1, 0.15) is 6.04 Å². The van der Waals surface area contributed by atoms with E-state index in [0.29, 0.717) is 17.8 Å². The standard InChI is InChI=1S/C29H29N3O4S/c1-28-13-14-29(37-28)23(22(28)25(34)30-20-9-3-2-4-10-20)27(36)32(15-16-33)24(29)26(35)31-21-12-11-18-7-5-6-8-19(18)17-21/h2-12,17,22-24,33H,13-16H2,1H3,(H,30,34)(H,31,35)/t22-,23-,24?,28+,29?/m0/s1. The molecule has 3 fully saturated rings. The van der Waals surface area contributed by atoms with Crippen molar-refractivity contribution in [2.75, 3.05) is 23.8 Å². The molecule has 3 saturated heterocycles. The number of nitrogens with zero attached hydrogens (tertiary/aromatic N) is 1. The summed E-state index contributed by atoms with van der Waals surface area (Å²) in [6, 6.07) is 22.1. The Hall–Kier alpha value is -3.36. The zero-order chi connectivity index (χ0) is 25.8. The number of benzene rings is 3. The second-order valence-corrected chi connectivity index (χ2v) is 12.3. The fourth-order valence-corrected chi connectivity index (χ4v) is 9.05. The van der Waals surface area contributed by atoms with Crippen LogP contribution in [0.1, 0.15) is 19.8 Å². The van der Waals surface area contributed by atoms with E-state index in [9.17, 15) is 19.5 Å². The van der Waals surface area contributed by atoms with Gasteiger partial charge in [-0.3, -0.25) is 14.4 Å². The van der Waals surface area contributed by atoms with E-state index in [4.69, 9.17) is 0 Å². The van der Waals surface area contributed by atoms with Crippen LogP contribution < -0.4 is 10.6 Å². The van der Waals surface area contributed by atoms with Crippen LogP contribution in [0.3, 0.4) is 0 Å². The minimum Gasteiger partial charge on any atom is -0.395 e. The number of aliphatic hydroxyl groups is 1. The van der Waals surface area contributed by atoms with Gasteiger partial charge < -0.3 is 20.6 Å². The lowest BCUT2D eigenvalue weighted by atomic mass is 9.66. The van der Waals surface area contributed by atoms with E-state index in [1.54, 1.807) is 11.8 Å². The molecule has 6 rings (SSSR count). The molecular formula is C29H29N3O4S. The van der Waals surface area contributed by atoms with E-state index < -0.39 is 27.4 Å². The molecule has 3 aromatic carbocycles. The van der Waals surface area contributed by atoms with Gasteiger partial charge in [-0.25, -0.2) is 0 Å². The molecule has 3 N–H and O–H groups in total. The molecule has 7 nitrogen and oxygen atoms in total. The third-order valence-corrected chi connectivity index (χ3v) is 10.2. The van der Waals surface area contributed by atoms with Crippen LogP contribution in [0, 0.1) is 11.8 Å². The van der Waals surface area contributed by atoms with E-state index in [1.165, 1.54) is 4.90 Å².